The quantitative estimate of drug-likeness (QED) is 0.811. The van der Waals surface area contributed by atoms with Crippen molar-refractivity contribution in [3.8, 4) is 17.5 Å². The van der Waals surface area contributed by atoms with Crippen molar-refractivity contribution in [1.82, 2.24) is 4.57 Å². The van der Waals surface area contributed by atoms with Crippen LogP contribution in [-0.2, 0) is 12.6 Å². The summed E-state index contributed by atoms with van der Waals surface area (Å²) >= 11 is 0. The van der Waals surface area contributed by atoms with Crippen LogP contribution in [0.25, 0.3) is 5.69 Å². The average molecular weight is 372 g/mol. The first-order chi connectivity index (χ1) is 12.1. The largest absolute Gasteiger partial charge is 0.495 e. The molecule has 2 aromatic rings. The number of aromatic nitrogens is 1. The number of aliphatic hydroxyl groups is 1. The summed E-state index contributed by atoms with van der Waals surface area (Å²) < 4.78 is 73.8. The third-order valence-corrected chi connectivity index (χ3v) is 4.41. The number of ether oxygens (including phenoxy) is 1. The molecule has 0 saturated heterocycles. The number of methoxy groups -OCH3 is 1. The van der Waals surface area contributed by atoms with Crippen LogP contribution in [0.3, 0.4) is 0 Å². The number of fused-ring (bicyclic) bond motifs is 1. The predicted octanol–water partition coefficient (Wildman–Crippen LogP) is 3.99. The summed E-state index contributed by atoms with van der Waals surface area (Å²) in [6.45, 7) is 0. The van der Waals surface area contributed by atoms with Crippen molar-refractivity contribution in [2.45, 2.75) is 31.0 Å². The highest BCUT2D eigenvalue weighted by Crippen LogP contribution is 2.48. The molecular formula is C17H13F5N2O2. The maximum absolute atomic E-state index is 13.8. The van der Waals surface area contributed by atoms with Crippen LogP contribution in [0.15, 0.2) is 24.4 Å². The van der Waals surface area contributed by atoms with Crippen molar-refractivity contribution < 1.29 is 31.8 Å². The number of hydrogen-bond acceptors (Lipinski definition) is 3. The van der Waals surface area contributed by atoms with Gasteiger partial charge in [0, 0.05) is 35.6 Å². The topological polar surface area (TPSA) is 58.2 Å². The molecule has 0 saturated carbocycles. The van der Waals surface area contributed by atoms with Crippen molar-refractivity contribution in [3.63, 3.8) is 0 Å². The van der Waals surface area contributed by atoms with Crippen LogP contribution in [-0.4, -0.2) is 22.7 Å². The molecule has 1 aromatic carbocycles. The lowest BCUT2D eigenvalue weighted by Crippen LogP contribution is -2.33. The Hall–Kier alpha value is -2.60. The van der Waals surface area contributed by atoms with Gasteiger partial charge < -0.3 is 14.4 Å². The average Bonchev–Trinajstić information content (AvgIpc) is 2.98. The first-order valence-corrected chi connectivity index (χ1v) is 7.56. The molecule has 0 fully saturated rings. The Kier molecular flexibility index (Phi) is 4.19. The molecule has 0 spiro atoms. The molecule has 1 atom stereocenters. The molecule has 138 valence electrons. The van der Waals surface area contributed by atoms with E-state index < -0.39 is 35.8 Å². The van der Waals surface area contributed by atoms with Crippen LogP contribution in [0.4, 0.5) is 22.0 Å². The van der Waals surface area contributed by atoms with E-state index in [0.717, 1.165) is 4.57 Å². The van der Waals surface area contributed by atoms with Crippen LogP contribution in [0.1, 0.15) is 34.9 Å². The van der Waals surface area contributed by atoms with Crippen molar-refractivity contribution in [1.29, 1.82) is 5.26 Å². The highest BCUT2D eigenvalue weighted by atomic mass is 19.4. The first-order valence-electron chi connectivity index (χ1n) is 7.56. The summed E-state index contributed by atoms with van der Waals surface area (Å²) in [7, 11) is 1.30. The summed E-state index contributed by atoms with van der Waals surface area (Å²) in [4.78, 5) is 0. The van der Waals surface area contributed by atoms with Crippen LogP contribution in [0.5, 0.6) is 5.75 Å². The zero-order valence-electron chi connectivity index (χ0n) is 13.4. The second-order valence-corrected chi connectivity index (χ2v) is 5.93. The van der Waals surface area contributed by atoms with Crippen molar-refractivity contribution in [2.24, 2.45) is 0 Å². The Morgan fingerprint density at radius 2 is 2.04 bits per heavy atom. The van der Waals surface area contributed by atoms with Crippen molar-refractivity contribution >= 4 is 0 Å². The Morgan fingerprint density at radius 3 is 2.62 bits per heavy atom. The number of hydrogen-bond donors (Lipinski definition) is 1. The molecule has 1 aliphatic rings. The van der Waals surface area contributed by atoms with Crippen molar-refractivity contribution in [3.05, 3.63) is 46.8 Å². The highest BCUT2D eigenvalue weighted by molar-refractivity contribution is 5.53. The molecule has 3 rings (SSSR count). The van der Waals surface area contributed by atoms with E-state index in [1.165, 1.54) is 25.3 Å². The predicted molar refractivity (Wildman–Crippen MR) is 80.3 cm³/mol. The van der Waals surface area contributed by atoms with Crippen molar-refractivity contribution in [2.75, 3.05) is 7.11 Å². The number of nitriles is 1. The van der Waals surface area contributed by atoms with Gasteiger partial charge in [-0.2, -0.15) is 18.4 Å². The van der Waals surface area contributed by atoms with Crippen LogP contribution in [0.2, 0.25) is 0 Å². The number of benzene rings is 1. The first kappa shape index (κ1) is 18.2. The van der Waals surface area contributed by atoms with Gasteiger partial charge >= 0.3 is 6.18 Å². The minimum Gasteiger partial charge on any atom is -0.495 e. The van der Waals surface area contributed by atoms with Gasteiger partial charge in [0.2, 0.25) is 0 Å². The Bertz CT molecular complexity index is 896. The van der Waals surface area contributed by atoms with E-state index >= 15 is 0 Å². The number of rotatable bonds is 2. The van der Waals surface area contributed by atoms with E-state index in [4.69, 9.17) is 10.00 Å². The van der Waals surface area contributed by atoms with Gasteiger partial charge in [0.25, 0.3) is 5.92 Å². The van der Waals surface area contributed by atoms with E-state index in [2.05, 4.69) is 0 Å². The van der Waals surface area contributed by atoms with Gasteiger partial charge in [-0.3, -0.25) is 0 Å². The van der Waals surface area contributed by atoms with Gasteiger partial charge in [-0.05, 0) is 18.6 Å². The van der Waals surface area contributed by atoms with Gasteiger partial charge in [0.05, 0.1) is 18.2 Å². The van der Waals surface area contributed by atoms with Crippen LogP contribution in [0, 0.1) is 11.3 Å². The monoisotopic (exact) mass is 372 g/mol. The fourth-order valence-electron chi connectivity index (χ4n) is 3.13. The van der Waals surface area contributed by atoms with E-state index in [9.17, 15) is 27.1 Å². The van der Waals surface area contributed by atoms with E-state index in [-0.39, 0.29) is 29.1 Å². The third-order valence-electron chi connectivity index (χ3n) is 4.41. The SMILES string of the molecule is COc1cc(-n2cc(C(F)(F)F)c3c2CCC(F)(F)C3O)ccc1C#N. The zero-order chi connectivity index (χ0) is 19.3. The molecule has 9 heteroatoms. The Balaban J connectivity index is 2.24. The lowest BCUT2D eigenvalue weighted by molar-refractivity contribution is -0.147. The molecule has 0 radical (unpaired) electrons. The molecule has 0 bridgehead atoms. The summed E-state index contributed by atoms with van der Waals surface area (Å²) in [5.74, 6) is -3.50. The van der Waals surface area contributed by atoms with Gasteiger partial charge in [-0.25, -0.2) is 8.78 Å². The zero-order valence-corrected chi connectivity index (χ0v) is 13.4. The normalized spacial score (nSPS) is 18.9. The molecule has 0 amide bonds. The Labute approximate surface area is 145 Å². The van der Waals surface area contributed by atoms with Gasteiger partial charge in [0.1, 0.15) is 17.9 Å². The second-order valence-electron chi connectivity index (χ2n) is 5.93. The van der Waals surface area contributed by atoms with E-state index in [1.54, 1.807) is 0 Å². The number of alkyl halides is 5. The summed E-state index contributed by atoms with van der Waals surface area (Å²) in [6, 6.07) is 5.98. The molecule has 4 nitrogen and oxygen atoms in total. The van der Waals surface area contributed by atoms with Gasteiger partial charge in [0.15, 0.2) is 0 Å². The fraction of sp³-hybridized carbons (Fsp3) is 0.353. The summed E-state index contributed by atoms with van der Waals surface area (Å²) in [5, 5.41) is 18.8. The minimum absolute atomic E-state index is 0.0393. The summed E-state index contributed by atoms with van der Waals surface area (Å²) in [6.07, 6.45) is -7.85. The molecule has 1 aromatic heterocycles. The maximum Gasteiger partial charge on any atom is 0.418 e. The Morgan fingerprint density at radius 1 is 1.35 bits per heavy atom. The number of aliphatic hydroxyl groups excluding tert-OH is 1. The molecule has 1 aliphatic carbocycles. The van der Waals surface area contributed by atoms with Gasteiger partial charge in [-0.15, -0.1) is 0 Å². The molecule has 26 heavy (non-hydrogen) atoms. The van der Waals surface area contributed by atoms with E-state index in [1.807, 2.05) is 6.07 Å². The molecular weight excluding hydrogens is 359 g/mol. The smallest absolute Gasteiger partial charge is 0.418 e. The molecule has 0 aliphatic heterocycles. The standard InChI is InChI=1S/C17H13F5N2O2/c1-26-13-6-10(3-2-9(13)7-23)24-8-11(17(20,21)22)14-12(24)4-5-16(18,19)15(14)25/h2-3,6,8,15,25H,4-5H2,1H3. The second kappa shape index (κ2) is 5.99. The highest BCUT2D eigenvalue weighted by Gasteiger charge is 2.50. The van der Waals surface area contributed by atoms with Crippen LogP contribution >= 0.6 is 0 Å². The number of nitrogens with zero attached hydrogens (tertiary/aromatic N) is 2. The summed E-state index contributed by atoms with van der Waals surface area (Å²) in [5.41, 5.74) is -1.76. The van der Waals surface area contributed by atoms with Crippen LogP contribution < -0.4 is 4.74 Å². The number of halogens is 5. The third kappa shape index (κ3) is 2.80. The molecule has 1 N–H and O–H groups in total. The lowest BCUT2D eigenvalue weighted by atomic mass is 9.89. The minimum atomic E-state index is -4.90. The maximum atomic E-state index is 13.8. The van der Waals surface area contributed by atoms with Gasteiger partial charge in [-0.1, -0.05) is 0 Å². The fourth-order valence-corrected chi connectivity index (χ4v) is 3.13. The lowest BCUT2D eigenvalue weighted by Gasteiger charge is -2.29. The van der Waals surface area contributed by atoms with E-state index in [0.29, 0.717) is 6.20 Å². The molecule has 1 unspecified atom stereocenters. The molecule has 1 heterocycles.